The first kappa shape index (κ1) is 25.8. The smallest absolute Gasteiger partial charge is 0.160 e. The summed E-state index contributed by atoms with van der Waals surface area (Å²) in [6.45, 7) is 12.4. The lowest BCUT2D eigenvalue weighted by molar-refractivity contribution is 1.10. The van der Waals surface area contributed by atoms with E-state index < -0.39 is 0 Å². The van der Waals surface area contributed by atoms with Crippen LogP contribution in [0, 0.1) is 6.92 Å². The van der Waals surface area contributed by atoms with Crippen LogP contribution in [-0.2, 0) is 0 Å². The molecule has 0 aliphatic carbocycles. The summed E-state index contributed by atoms with van der Waals surface area (Å²) >= 11 is 0. The van der Waals surface area contributed by atoms with Gasteiger partial charge in [-0.2, -0.15) is 0 Å². The Morgan fingerprint density at radius 1 is 0.771 bits per heavy atom. The summed E-state index contributed by atoms with van der Waals surface area (Å²) in [5.41, 5.74) is 10.0. The van der Waals surface area contributed by atoms with Gasteiger partial charge in [-0.25, -0.2) is 9.97 Å². The monoisotopic (exact) mass is 460 g/mol. The van der Waals surface area contributed by atoms with Gasteiger partial charge in [-0.15, -0.1) is 0 Å². The van der Waals surface area contributed by atoms with Crippen molar-refractivity contribution < 1.29 is 0 Å². The fourth-order valence-corrected chi connectivity index (χ4v) is 3.89. The van der Waals surface area contributed by atoms with Crippen LogP contribution >= 0.6 is 0 Å². The molecule has 2 nitrogen and oxygen atoms in total. The Hall–Kier alpha value is -3.78. The van der Waals surface area contributed by atoms with E-state index in [9.17, 15) is 0 Å². The van der Waals surface area contributed by atoms with Gasteiger partial charge >= 0.3 is 0 Å². The van der Waals surface area contributed by atoms with E-state index in [1.807, 2.05) is 19.9 Å². The second-order valence-electron chi connectivity index (χ2n) is 8.20. The van der Waals surface area contributed by atoms with Crippen molar-refractivity contribution in [2.75, 3.05) is 0 Å². The third kappa shape index (κ3) is 6.22. The molecule has 35 heavy (non-hydrogen) atoms. The number of hydrogen-bond acceptors (Lipinski definition) is 2. The van der Waals surface area contributed by atoms with Crippen molar-refractivity contribution >= 4 is 11.6 Å². The fourth-order valence-electron chi connectivity index (χ4n) is 3.89. The first-order valence-corrected chi connectivity index (χ1v) is 12.6. The molecule has 0 N–H and O–H groups in total. The topological polar surface area (TPSA) is 25.8 Å². The number of aryl methyl sites for hydroxylation is 1. The molecule has 0 saturated carbocycles. The largest absolute Gasteiger partial charge is 0.233 e. The predicted molar refractivity (Wildman–Crippen MR) is 153 cm³/mol. The average molecular weight is 461 g/mol. The van der Waals surface area contributed by atoms with Gasteiger partial charge in [0, 0.05) is 22.4 Å². The molecule has 0 aliphatic rings. The van der Waals surface area contributed by atoms with Crippen LogP contribution in [0.3, 0.4) is 0 Å². The Kier molecular flexibility index (Phi) is 9.31. The normalized spacial score (nSPS) is 11.3. The molecule has 0 saturated heterocycles. The summed E-state index contributed by atoms with van der Waals surface area (Å²) in [6, 6.07) is 27.6. The Morgan fingerprint density at radius 2 is 1.43 bits per heavy atom. The lowest BCUT2D eigenvalue weighted by Crippen LogP contribution is -2.00. The number of benzene rings is 3. The van der Waals surface area contributed by atoms with E-state index in [-0.39, 0.29) is 0 Å². The average Bonchev–Trinajstić information content (AvgIpc) is 2.93. The van der Waals surface area contributed by atoms with Crippen molar-refractivity contribution in [2.45, 2.75) is 48.0 Å². The van der Waals surface area contributed by atoms with Crippen molar-refractivity contribution in [3.8, 4) is 33.8 Å². The van der Waals surface area contributed by atoms with Crippen LogP contribution in [0.4, 0.5) is 0 Å². The van der Waals surface area contributed by atoms with Crippen LogP contribution in [0.15, 0.2) is 91.0 Å². The van der Waals surface area contributed by atoms with Gasteiger partial charge in [0.05, 0.1) is 5.69 Å². The molecule has 1 heterocycles. The minimum atomic E-state index is 0.756. The third-order valence-corrected chi connectivity index (χ3v) is 5.93. The minimum Gasteiger partial charge on any atom is -0.233 e. The highest BCUT2D eigenvalue weighted by atomic mass is 14.9. The zero-order valence-electron chi connectivity index (χ0n) is 21.8. The van der Waals surface area contributed by atoms with Crippen molar-refractivity contribution in [3.05, 3.63) is 108 Å². The number of aromatic nitrogens is 2. The first-order valence-electron chi connectivity index (χ1n) is 12.6. The van der Waals surface area contributed by atoms with Crippen molar-refractivity contribution in [1.29, 1.82) is 0 Å². The summed E-state index contributed by atoms with van der Waals surface area (Å²) in [7, 11) is 0. The highest BCUT2D eigenvalue weighted by Crippen LogP contribution is 2.31. The maximum absolute atomic E-state index is 5.08. The van der Waals surface area contributed by atoms with Gasteiger partial charge in [0.1, 0.15) is 0 Å². The van der Waals surface area contributed by atoms with Gasteiger partial charge in [-0.1, -0.05) is 112 Å². The van der Waals surface area contributed by atoms with Gasteiger partial charge in [0.2, 0.25) is 0 Å². The Labute approximate surface area is 211 Å². The molecule has 0 amide bonds. The quantitative estimate of drug-likeness (QED) is 0.286. The molecule has 178 valence electrons. The van der Waals surface area contributed by atoms with E-state index >= 15 is 0 Å². The van der Waals surface area contributed by atoms with E-state index in [1.165, 1.54) is 22.3 Å². The minimum absolute atomic E-state index is 0.756. The predicted octanol–water partition coefficient (Wildman–Crippen LogP) is 9.66. The maximum Gasteiger partial charge on any atom is 0.160 e. The summed E-state index contributed by atoms with van der Waals surface area (Å²) in [4.78, 5) is 9.96. The van der Waals surface area contributed by atoms with Crippen molar-refractivity contribution in [2.24, 2.45) is 0 Å². The van der Waals surface area contributed by atoms with Crippen LogP contribution in [0.1, 0.15) is 57.9 Å². The van der Waals surface area contributed by atoms with Crippen LogP contribution in [0.5, 0.6) is 0 Å². The molecule has 2 heteroatoms. The van der Waals surface area contributed by atoms with Gasteiger partial charge < -0.3 is 0 Å². The second-order valence-corrected chi connectivity index (χ2v) is 8.20. The Morgan fingerprint density at radius 3 is 2.09 bits per heavy atom. The van der Waals surface area contributed by atoms with Crippen molar-refractivity contribution in [3.63, 3.8) is 0 Å². The van der Waals surface area contributed by atoms with Gasteiger partial charge in [-0.3, -0.25) is 0 Å². The highest BCUT2D eigenvalue weighted by molar-refractivity contribution is 5.79. The molecule has 3 aromatic carbocycles. The SMILES string of the molecule is C/C=C(/C)c1ccc(-c2nc(C)c(/C=C\CC)c(-c3cccc(-c4ccccc4)c3)n2)cc1.CC. The fraction of sp³-hybridized carbons (Fsp3) is 0.212. The van der Waals surface area contributed by atoms with Crippen molar-refractivity contribution in [1.82, 2.24) is 9.97 Å². The molecule has 0 unspecified atom stereocenters. The van der Waals surface area contributed by atoms with E-state index in [0.717, 1.165) is 40.3 Å². The standard InChI is InChI=1S/C31H30N2.C2H6/c1-5-7-16-29-23(4)32-31(26-19-17-24(18-20-26)22(3)6-2)33-30(29)28-15-11-14-27(21-28)25-12-9-8-10-13-25;1-2/h6-21H,5H2,1-4H3;1-2H3/b16-7-,22-6-;. The van der Waals surface area contributed by atoms with Crippen LogP contribution in [0.25, 0.3) is 45.4 Å². The highest BCUT2D eigenvalue weighted by Gasteiger charge is 2.14. The van der Waals surface area contributed by atoms with Crippen LogP contribution in [0.2, 0.25) is 0 Å². The first-order chi connectivity index (χ1) is 17.1. The zero-order chi connectivity index (χ0) is 25.2. The molecule has 4 rings (SSSR count). The molecule has 1 aromatic heterocycles. The number of rotatable bonds is 6. The second kappa shape index (κ2) is 12.6. The number of allylic oxidation sites excluding steroid dienone is 3. The van der Waals surface area contributed by atoms with Gasteiger partial charge in [0.15, 0.2) is 5.82 Å². The van der Waals surface area contributed by atoms with E-state index in [1.54, 1.807) is 0 Å². The molecule has 0 atom stereocenters. The lowest BCUT2D eigenvalue weighted by Gasteiger charge is -2.13. The van der Waals surface area contributed by atoms with E-state index in [4.69, 9.17) is 9.97 Å². The zero-order valence-corrected chi connectivity index (χ0v) is 21.8. The molecule has 0 aliphatic heterocycles. The summed E-state index contributed by atoms with van der Waals surface area (Å²) in [5.74, 6) is 0.756. The van der Waals surface area contributed by atoms with Crippen LogP contribution in [-0.4, -0.2) is 9.97 Å². The molecule has 0 fully saturated rings. The van der Waals surface area contributed by atoms with Gasteiger partial charge in [-0.05, 0) is 55.5 Å². The van der Waals surface area contributed by atoms with Gasteiger partial charge in [0.25, 0.3) is 0 Å². The summed E-state index contributed by atoms with van der Waals surface area (Å²) in [6.07, 6.45) is 7.42. The molecule has 4 aromatic rings. The summed E-state index contributed by atoms with van der Waals surface area (Å²) in [5, 5.41) is 0. The van der Waals surface area contributed by atoms with E-state index in [0.29, 0.717) is 0 Å². The molecule has 0 spiro atoms. The number of nitrogens with zero attached hydrogens (tertiary/aromatic N) is 2. The van der Waals surface area contributed by atoms with E-state index in [2.05, 4.69) is 119 Å². The van der Waals surface area contributed by atoms with Crippen LogP contribution < -0.4 is 0 Å². The summed E-state index contributed by atoms with van der Waals surface area (Å²) < 4.78 is 0. The maximum atomic E-state index is 5.08. The molecule has 0 radical (unpaired) electrons. The molecular weight excluding hydrogens is 424 g/mol. The molecular formula is C33H36N2. The Bertz CT molecular complexity index is 1300. The molecule has 0 bridgehead atoms. The Balaban J connectivity index is 0.00000167. The number of hydrogen-bond donors (Lipinski definition) is 0. The lowest BCUT2D eigenvalue weighted by atomic mass is 9.98. The third-order valence-electron chi connectivity index (χ3n) is 5.93.